The third kappa shape index (κ3) is 2.51. The Kier molecular flexibility index (Phi) is 3.87. The van der Waals surface area contributed by atoms with Crippen LogP contribution >= 0.6 is 11.3 Å². The molecule has 1 aliphatic rings. The van der Waals surface area contributed by atoms with Crippen molar-refractivity contribution >= 4 is 27.4 Å². The second kappa shape index (κ2) is 5.63. The molecule has 20 heavy (non-hydrogen) atoms. The van der Waals surface area contributed by atoms with Crippen LogP contribution in [0.4, 0.5) is 5.82 Å². The maximum atomic E-state index is 5.60. The Morgan fingerprint density at radius 3 is 3.05 bits per heavy atom. The van der Waals surface area contributed by atoms with Crippen molar-refractivity contribution in [1.82, 2.24) is 14.9 Å². The van der Waals surface area contributed by atoms with Crippen molar-refractivity contribution in [3.05, 3.63) is 17.3 Å². The van der Waals surface area contributed by atoms with Crippen LogP contribution in [0.3, 0.4) is 0 Å². The van der Waals surface area contributed by atoms with Gasteiger partial charge in [-0.15, -0.1) is 11.3 Å². The van der Waals surface area contributed by atoms with E-state index in [1.165, 1.54) is 4.88 Å². The van der Waals surface area contributed by atoms with Crippen molar-refractivity contribution in [1.29, 1.82) is 0 Å². The quantitative estimate of drug-likeness (QED) is 0.935. The molecule has 1 N–H and O–H groups in total. The van der Waals surface area contributed by atoms with E-state index in [-0.39, 0.29) is 12.1 Å². The minimum absolute atomic E-state index is 0.208. The number of nitrogens with zero attached hydrogens (tertiary/aromatic N) is 3. The standard InChI is InChI=1S/C14H20N4OS/c1-4-18-6-11(12(7-18)19-3)17-13-10-5-9(2)20-14(10)16-8-15-13/h5,8,11-12H,4,6-7H2,1-3H3,(H,15,16,17)/t11-,12-/m0/s1. The van der Waals surface area contributed by atoms with Crippen molar-refractivity contribution in [3.63, 3.8) is 0 Å². The lowest BCUT2D eigenvalue weighted by molar-refractivity contribution is 0.102. The Morgan fingerprint density at radius 2 is 2.30 bits per heavy atom. The molecule has 6 heteroatoms. The van der Waals surface area contributed by atoms with E-state index in [1.807, 2.05) is 0 Å². The van der Waals surface area contributed by atoms with Gasteiger partial charge in [0.1, 0.15) is 17.0 Å². The molecule has 3 heterocycles. The van der Waals surface area contributed by atoms with Gasteiger partial charge in [0.25, 0.3) is 0 Å². The van der Waals surface area contributed by atoms with Gasteiger partial charge in [0.05, 0.1) is 17.5 Å². The van der Waals surface area contributed by atoms with Crippen LogP contribution in [0.25, 0.3) is 10.2 Å². The minimum Gasteiger partial charge on any atom is -0.378 e. The molecule has 5 nitrogen and oxygen atoms in total. The van der Waals surface area contributed by atoms with E-state index in [9.17, 15) is 0 Å². The number of aromatic nitrogens is 2. The van der Waals surface area contributed by atoms with E-state index in [1.54, 1.807) is 24.8 Å². The first-order chi connectivity index (χ1) is 9.71. The molecule has 0 aliphatic carbocycles. The summed E-state index contributed by atoms with van der Waals surface area (Å²) < 4.78 is 5.60. The molecule has 0 unspecified atom stereocenters. The molecule has 0 radical (unpaired) electrons. The van der Waals surface area contributed by atoms with Crippen LogP contribution in [0.2, 0.25) is 0 Å². The lowest BCUT2D eigenvalue weighted by Crippen LogP contribution is -2.33. The number of rotatable bonds is 4. The monoisotopic (exact) mass is 292 g/mol. The average molecular weight is 292 g/mol. The van der Waals surface area contributed by atoms with Gasteiger partial charge in [-0.2, -0.15) is 0 Å². The van der Waals surface area contributed by atoms with Crippen molar-refractivity contribution in [2.75, 3.05) is 32.1 Å². The number of fused-ring (bicyclic) bond motifs is 1. The summed E-state index contributed by atoms with van der Waals surface area (Å²) in [5.41, 5.74) is 0. The number of methoxy groups -OCH3 is 1. The molecule has 2 aromatic rings. The first-order valence-corrected chi connectivity index (χ1v) is 7.75. The van der Waals surface area contributed by atoms with Gasteiger partial charge in [0.2, 0.25) is 0 Å². The molecule has 108 valence electrons. The Morgan fingerprint density at radius 1 is 1.45 bits per heavy atom. The summed E-state index contributed by atoms with van der Waals surface area (Å²) in [5, 5.41) is 4.66. The summed E-state index contributed by atoms with van der Waals surface area (Å²) in [7, 11) is 1.78. The molecule has 1 fully saturated rings. The second-order valence-corrected chi connectivity index (χ2v) is 6.41. The number of likely N-dealkylation sites (tertiary alicyclic amines) is 1. The van der Waals surface area contributed by atoms with Crippen molar-refractivity contribution in [3.8, 4) is 0 Å². The topological polar surface area (TPSA) is 50.3 Å². The van der Waals surface area contributed by atoms with E-state index in [4.69, 9.17) is 4.74 Å². The molecule has 1 aliphatic heterocycles. The van der Waals surface area contributed by atoms with Crippen LogP contribution in [0.1, 0.15) is 11.8 Å². The maximum absolute atomic E-state index is 5.60. The lowest BCUT2D eigenvalue weighted by atomic mass is 10.2. The first-order valence-electron chi connectivity index (χ1n) is 6.94. The molecular formula is C14H20N4OS. The molecule has 0 saturated carbocycles. The summed E-state index contributed by atoms with van der Waals surface area (Å²) in [6.45, 7) is 7.29. The second-order valence-electron chi connectivity index (χ2n) is 5.18. The van der Waals surface area contributed by atoms with Gasteiger partial charge in [-0.3, -0.25) is 4.90 Å². The highest BCUT2D eigenvalue weighted by molar-refractivity contribution is 7.18. The fraction of sp³-hybridized carbons (Fsp3) is 0.571. The number of hydrogen-bond donors (Lipinski definition) is 1. The van der Waals surface area contributed by atoms with E-state index < -0.39 is 0 Å². The van der Waals surface area contributed by atoms with Gasteiger partial charge < -0.3 is 10.1 Å². The highest BCUT2D eigenvalue weighted by atomic mass is 32.1. The number of likely N-dealkylation sites (N-methyl/N-ethyl adjacent to an activating group) is 1. The summed E-state index contributed by atoms with van der Waals surface area (Å²) in [5.74, 6) is 0.921. The zero-order chi connectivity index (χ0) is 14.1. The molecular weight excluding hydrogens is 272 g/mol. The fourth-order valence-corrected chi connectivity index (χ4v) is 3.60. The average Bonchev–Trinajstić information content (AvgIpc) is 3.01. The first kappa shape index (κ1) is 13.7. The summed E-state index contributed by atoms with van der Waals surface area (Å²) in [6, 6.07) is 2.43. The van der Waals surface area contributed by atoms with Gasteiger partial charge in [-0.05, 0) is 19.5 Å². The number of ether oxygens (including phenoxy) is 1. The third-order valence-electron chi connectivity index (χ3n) is 3.87. The third-order valence-corrected chi connectivity index (χ3v) is 4.83. The van der Waals surface area contributed by atoms with Crippen LogP contribution in [-0.2, 0) is 4.74 Å². The van der Waals surface area contributed by atoms with E-state index in [0.717, 1.165) is 35.7 Å². The van der Waals surface area contributed by atoms with Crippen LogP contribution in [-0.4, -0.2) is 53.8 Å². The Bertz CT molecular complexity index is 600. The zero-order valence-corrected chi connectivity index (χ0v) is 12.9. The largest absolute Gasteiger partial charge is 0.378 e. The molecule has 3 rings (SSSR count). The molecule has 0 amide bonds. The molecule has 0 spiro atoms. The minimum atomic E-state index is 0.208. The van der Waals surface area contributed by atoms with Crippen molar-refractivity contribution in [2.45, 2.75) is 26.0 Å². The molecule has 2 aromatic heterocycles. The van der Waals surface area contributed by atoms with E-state index in [2.05, 4.69) is 40.1 Å². The summed E-state index contributed by atoms with van der Waals surface area (Å²) >= 11 is 1.70. The van der Waals surface area contributed by atoms with Crippen molar-refractivity contribution in [2.24, 2.45) is 0 Å². The fourth-order valence-electron chi connectivity index (χ4n) is 2.75. The Labute approximate surface area is 123 Å². The van der Waals surface area contributed by atoms with Gasteiger partial charge in [-0.1, -0.05) is 6.92 Å². The SMILES string of the molecule is CCN1C[C@H](Nc2ncnc3sc(C)cc23)[C@@H](OC)C1. The molecule has 2 atom stereocenters. The van der Waals surface area contributed by atoms with Crippen LogP contribution in [0.5, 0.6) is 0 Å². The number of thiophene rings is 1. The van der Waals surface area contributed by atoms with Gasteiger partial charge in [-0.25, -0.2) is 9.97 Å². The van der Waals surface area contributed by atoms with Gasteiger partial charge in [0, 0.05) is 25.1 Å². The van der Waals surface area contributed by atoms with Gasteiger partial charge >= 0.3 is 0 Å². The van der Waals surface area contributed by atoms with Gasteiger partial charge in [0.15, 0.2) is 0 Å². The number of hydrogen-bond acceptors (Lipinski definition) is 6. The highest BCUT2D eigenvalue weighted by Crippen LogP contribution is 2.28. The predicted molar refractivity (Wildman–Crippen MR) is 82.5 cm³/mol. The number of nitrogens with one attached hydrogen (secondary N) is 1. The maximum Gasteiger partial charge on any atom is 0.138 e. The molecule has 1 saturated heterocycles. The Hall–Kier alpha value is -1.24. The molecule has 0 bridgehead atoms. The summed E-state index contributed by atoms with van der Waals surface area (Å²) in [6.07, 6.45) is 1.84. The zero-order valence-electron chi connectivity index (χ0n) is 12.1. The normalized spacial score (nSPS) is 23.6. The number of anilines is 1. The lowest BCUT2D eigenvalue weighted by Gasteiger charge is -2.19. The smallest absolute Gasteiger partial charge is 0.138 e. The van der Waals surface area contributed by atoms with Crippen molar-refractivity contribution < 1.29 is 4.74 Å². The van der Waals surface area contributed by atoms with E-state index in [0.29, 0.717) is 0 Å². The van der Waals surface area contributed by atoms with E-state index >= 15 is 0 Å². The predicted octanol–water partition coefficient (Wildman–Crippen LogP) is 2.13. The van der Waals surface area contributed by atoms with Crippen LogP contribution in [0, 0.1) is 6.92 Å². The number of aryl methyl sites for hydroxylation is 1. The molecule has 0 aromatic carbocycles. The van der Waals surface area contributed by atoms with Crippen LogP contribution < -0.4 is 5.32 Å². The highest BCUT2D eigenvalue weighted by Gasteiger charge is 2.32. The Balaban J connectivity index is 1.85. The summed E-state index contributed by atoms with van der Waals surface area (Å²) in [4.78, 5) is 13.4. The van der Waals surface area contributed by atoms with Crippen LogP contribution in [0.15, 0.2) is 12.4 Å².